The molecule has 1 fully saturated rings. The van der Waals surface area contributed by atoms with Crippen LogP contribution in [0.5, 0.6) is 0 Å². The summed E-state index contributed by atoms with van der Waals surface area (Å²) in [7, 11) is 0. The van der Waals surface area contributed by atoms with Crippen LogP contribution in [0.2, 0.25) is 0 Å². The minimum atomic E-state index is -0.0106. The van der Waals surface area contributed by atoms with Gasteiger partial charge < -0.3 is 10.6 Å². The van der Waals surface area contributed by atoms with Crippen molar-refractivity contribution in [3.05, 3.63) is 16.1 Å². The number of carbonyl (C=O) groups is 1. The fourth-order valence-corrected chi connectivity index (χ4v) is 2.66. The van der Waals surface area contributed by atoms with E-state index in [9.17, 15) is 4.79 Å². The maximum Gasteiger partial charge on any atom is 0.237 e. The molecule has 2 heterocycles. The molecule has 1 aromatic rings. The Labute approximate surface area is 112 Å². The second kappa shape index (κ2) is 6.33. The molecule has 2 N–H and O–H groups in total. The molecule has 1 aromatic heterocycles. The molecule has 6 heteroatoms. The lowest BCUT2D eigenvalue weighted by Crippen LogP contribution is -2.41. The fraction of sp³-hybridized carbons (Fsp3) is 0.636. The summed E-state index contributed by atoms with van der Waals surface area (Å²) in [5, 5.41) is 9.17. The highest BCUT2D eigenvalue weighted by Crippen LogP contribution is 2.18. The van der Waals surface area contributed by atoms with E-state index in [0.717, 1.165) is 30.1 Å². The lowest BCUT2D eigenvalue weighted by atomic mass is 10.2. The van der Waals surface area contributed by atoms with Crippen molar-refractivity contribution >= 4 is 29.7 Å². The highest BCUT2D eigenvalue weighted by atomic mass is 35.5. The SMILES string of the molecule is Cc1csc(C(C)NC(=O)C2CCCN2)n1.Cl. The average Bonchev–Trinajstić information content (AvgIpc) is 2.87. The number of aromatic nitrogens is 1. The Morgan fingerprint density at radius 3 is 3.00 bits per heavy atom. The first-order valence-corrected chi connectivity index (χ1v) is 6.50. The van der Waals surface area contributed by atoms with E-state index in [0.29, 0.717) is 0 Å². The number of nitrogens with zero attached hydrogens (tertiary/aromatic N) is 1. The standard InChI is InChI=1S/C11H17N3OS.ClH/c1-7-6-16-11(13-7)8(2)14-10(15)9-4-3-5-12-9;/h6,8-9,12H,3-5H2,1-2H3,(H,14,15);1H. The first-order valence-electron chi connectivity index (χ1n) is 5.62. The van der Waals surface area contributed by atoms with Gasteiger partial charge in [0.2, 0.25) is 5.91 Å². The Morgan fingerprint density at radius 1 is 1.71 bits per heavy atom. The van der Waals surface area contributed by atoms with E-state index in [1.54, 1.807) is 11.3 Å². The van der Waals surface area contributed by atoms with Gasteiger partial charge in [0.15, 0.2) is 0 Å². The van der Waals surface area contributed by atoms with E-state index in [1.807, 2.05) is 19.2 Å². The van der Waals surface area contributed by atoms with Crippen LogP contribution in [0.25, 0.3) is 0 Å². The third-order valence-electron chi connectivity index (χ3n) is 2.74. The van der Waals surface area contributed by atoms with Gasteiger partial charge in [-0.1, -0.05) is 0 Å². The molecular formula is C11H18ClN3OS. The molecular weight excluding hydrogens is 258 g/mol. The second-order valence-electron chi connectivity index (χ2n) is 4.21. The first-order chi connectivity index (χ1) is 7.66. The molecule has 0 bridgehead atoms. The predicted molar refractivity (Wildman–Crippen MR) is 71.7 cm³/mol. The van der Waals surface area contributed by atoms with E-state index >= 15 is 0 Å². The molecule has 17 heavy (non-hydrogen) atoms. The monoisotopic (exact) mass is 275 g/mol. The minimum absolute atomic E-state index is 0. The highest BCUT2D eigenvalue weighted by molar-refractivity contribution is 7.09. The Balaban J connectivity index is 0.00000144. The van der Waals surface area contributed by atoms with Gasteiger partial charge in [0.1, 0.15) is 5.01 Å². The van der Waals surface area contributed by atoms with E-state index in [-0.39, 0.29) is 30.4 Å². The Morgan fingerprint density at radius 2 is 2.47 bits per heavy atom. The number of nitrogens with one attached hydrogen (secondary N) is 2. The van der Waals surface area contributed by atoms with E-state index in [1.165, 1.54) is 0 Å². The number of hydrogen-bond acceptors (Lipinski definition) is 4. The molecule has 1 amide bonds. The van der Waals surface area contributed by atoms with Gasteiger partial charge in [0.25, 0.3) is 0 Å². The van der Waals surface area contributed by atoms with Crippen molar-refractivity contribution in [3.8, 4) is 0 Å². The van der Waals surface area contributed by atoms with Gasteiger partial charge in [-0.15, -0.1) is 23.7 Å². The quantitative estimate of drug-likeness (QED) is 0.885. The van der Waals surface area contributed by atoms with Crippen molar-refractivity contribution in [2.45, 2.75) is 38.8 Å². The van der Waals surface area contributed by atoms with Crippen molar-refractivity contribution in [1.82, 2.24) is 15.6 Å². The number of aryl methyl sites for hydroxylation is 1. The Hall–Kier alpha value is -0.650. The molecule has 0 spiro atoms. The first kappa shape index (κ1) is 14.4. The molecule has 1 aliphatic rings. The molecule has 2 atom stereocenters. The van der Waals surface area contributed by atoms with Crippen LogP contribution in [0.1, 0.15) is 36.5 Å². The number of carbonyl (C=O) groups excluding carboxylic acids is 1. The van der Waals surface area contributed by atoms with E-state index in [2.05, 4.69) is 15.6 Å². The van der Waals surface area contributed by atoms with E-state index < -0.39 is 0 Å². The number of rotatable bonds is 3. The normalized spacial score (nSPS) is 20.7. The van der Waals surface area contributed by atoms with Crippen LogP contribution >= 0.6 is 23.7 Å². The molecule has 0 radical (unpaired) electrons. The van der Waals surface area contributed by atoms with Crippen LogP contribution < -0.4 is 10.6 Å². The van der Waals surface area contributed by atoms with Crippen LogP contribution in [0.3, 0.4) is 0 Å². The van der Waals surface area contributed by atoms with Gasteiger partial charge in [-0.25, -0.2) is 4.98 Å². The van der Waals surface area contributed by atoms with E-state index in [4.69, 9.17) is 0 Å². The summed E-state index contributed by atoms with van der Waals surface area (Å²) in [6.45, 7) is 4.89. The number of thiazole rings is 1. The van der Waals surface area contributed by atoms with Crippen molar-refractivity contribution in [3.63, 3.8) is 0 Å². The highest BCUT2D eigenvalue weighted by Gasteiger charge is 2.23. The molecule has 4 nitrogen and oxygen atoms in total. The number of halogens is 1. The molecule has 0 saturated carbocycles. The summed E-state index contributed by atoms with van der Waals surface area (Å²) < 4.78 is 0. The zero-order valence-electron chi connectivity index (χ0n) is 10.0. The van der Waals surface area contributed by atoms with Crippen molar-refractivity contribution < 1.29 is 4.79 Å². The van der Waals surface area contributed by atoms with Crippen LogP contribution in [0, 0.1) is 6.92 Å². The lowest BCUT2D eigenvalue weighted by Gasteiger charge is -2.15. The largest absolute Gasteiger partial charge is 0.346 e. The van der Waals surface area contributed by atoms with Crippen LogP contribution in [0.15, 0.2) is 5.38 Å². The van der Waals surface area contributed by atoms with Gasteiger partial charge >= 0.3 is 0 Å². The lowest BCUT2D eigenvalue weighted by molar-refractivity contribution is -0.123. The zero-order valence-corrected chi connectivity index (χ0v) is 11.7. The van der Waals surface area contributed by atoms with Crippen LogP contribution in [-0.2, 0) is 4.79 Å². The van der Waals surface area contributed by atoms with Crippen molar-refractivity contribution in [2.75, 3.05) is 6.54 Å². The number of amides is 1. The third-order valence-corrected chi connectivity index (χ3v) is 3.89. The minimum Gasteiger partial charge on any atom is -0.346 e. The van der Waals surface area contributed by atoms with Crippen molar-refractivity contribution in [2.24, 2.45) is 0 Å². The van der Waals surface area contributed by atoms with Gasteiger partial charge in [-0.3, -0.25) is 4.79 Å². The molecule has 1 aliphatic heterocycles. The van der Waals surface area contributed by atoms with Crippen LogP contribution in [0.4, 0.5) is 0 Å². The Kier molecular flexibility index (Phi) is 5.36. The second-order valence-corrected chi connectivity index (χ2v) is 5.10. The summed E-state index contributed by atoms with van der Waals surface area (Å²) in [5.41, 5.74) is 1.01. The molecule has 2 unspecified atom stereocenters. The van der Waals surface area contributed by atoms with Gasteiger partial charge in [-0.05, 0) is 33.2 Å². The average molecular weight is 276 g/mol. The number of hydrogen-bond donors (Lipinski definition) is 2. The predicted octanol–water partition coefficient (Wildman–Crippen LogP) is 1.80. The van der Waals surface area contributed by atoms with Gasteiger partial charge in [0, 0.05) is 11.1 Å². The molecule has 0 aromatic carbocycles. The van der Waals surface area contributed by atoms with Crippen LogP contribution in [-0.4, -0.2) is 23.5 Å². The van der Waals surface area contributed by atoms with Gasteiger partial charge in [0.05, 0.1) is 12.1 Å². The van der Waals surface area contributed by atoms with Crippen molar-refractivity contribution in [1.29, 1.82) is 0 Å². The summed E-state index contributed by atoms with van der Waals surface area (Å²) in [6, 6.07) is -0.00268. The molecule has 1 saturated heterocycles. The topological polar surface area (TPSA) is 54.0 Å². The maximum atomic E-state index is 11.8. The molecule has 0 aliphatic carbocycles. The smallest absolute Gasteiger partial charge is 0.237 e. The third kappa shape index (κ3) is 3.66. The maximum absolute atomic E-state index is 11.8. The molecule has 2 rings (SSSR count). The summed E-state index contributed by atoms with van der Waals surface area (Å²) in [6.07, 6.45) is 2.03. The zero-order chi connectivity index (χ0) is 11.5. The summed E-state index contributed by atoms with van der Waals surface area (Å²) in [4.78, 5) is 16.2. The fourth-order valence-electron chi connectivity index (χ4n) is 1.86. The summed E-state index contributed by atoms with van der Waals surface area (Å²) >= 11 is 1.60. The molecule has 96 valence electrons. The Bertz CT molecular complexity index is 377. The van der Waals surface area contributed by atoms with Gasteiger partial charge in [-0.2, -0.15) is 0 Å². The summed E-state index contributed by atoms with van der Waals surface area (Å²) in [5.74, 6) is 0.0952.